The first-order chi connectivity index (χ1) is 9.72. The van der Waals surface area contributed by atoms with E-state index >= 15 is 0 Å². The Hall–Kier alpha value is -1.99. The van der Waals surface area contributed by atoms with Crippen molar-refractivity contribution in [2.24, 2.45) is 0 Å². The Morgan fingerprint density at radius 1 is 1.40 bits per heavy atom. The maximum absolute atomic E-state index is 14.0. The zero-order valence-corrected chi connectivity index (χ0v) is 11.7. The zero-order valence-electron chi connectivity index (χ0n) is 10.1. The largest absolute Gasteiger partial charge is 0.380 e. The molecule has 0 saturated carbocycles. The lowest BCUT2D eigenvalue weighted by atomic mass is 10.2. The van der Waals surface area contributed by atoms with Crippen molar-refractivity contribution in [3.05, 3.63) is 52.2 Å². The maximum atomic E-state index is 14.0. The zero-order chi connectivity index (χ0) is 13.9. The number of hydrogen-bond donors (Lipinski definition) is 1. The summed E-state index contributed by atoms with van der Waals surface area (Å²) < 4.78 is 15.9. The van der Waals surface area contributed by atoms with E-state index in [-0.39, 0.29) is 5.82 Å². The van der Waals surface area contributed by atoms with Gasteiger partial charge in [-0.15, -0.1) is 11.3 Å². The smallest absolute Gasteiger partial charge is 0.183 e. The van der Waals surface area contributed by atoms with E-state index in [1.54, 1.807) is 18.3 Å². The molecule has 5 nitrogen and oxygen atoms in total. The molecule has 0 aliphatic heterocycles. The first-order valence-electron chi connectivity index (χ1n) is 5.71. The van der Waals surface area contributed by atoms with Crippen LogP contribution in [0.4, 0.5) is 10.1 Å². The molecule has 0 amide bonds. The first-order valence-corrected chi connectivity index (χ1v) is 6.90. The molecule has 2 heterocycles. The minimum atomic E-state index is -0.372. The molecule has 20 heavy (non-hydrogen) atoms. The molecule has 0 aliphatic carbocycles. The molecule has 0 atom stereocenters. The summed E-state index contributed by atoms with van der Waals surface area (Å²) in [5, 5.41) is 7.01. The van der Waals surface area contributed by atoms with Gasteiger partial charge in [-0.2, -0.15) is 5.10 Å². The van der Waals surface area contributed by atoms with Crippen LogP contribution in [0.1, 0.15) is 4.88 Å². The fourth-order valence-electron chi connectivity index (χ4n) is 1.69. The van der Waals surface area contributed by atoms with Crippen LogP contribution in [-0.2, 0) is 6.54 Å². The van der Waals surface area contributed by atoms with Crippen LogP contribution in [0.5, 0.6) is 0 Å². The molecule has 1 aromatic carbocycles. The highest BCUT2D eigenvalue weighted by Crippen LogP contribution is 2.21. The number of aromatic nitrogens is 4. The lowest BCUT2D eigenvalue weighted by Crippen LogP contribution is -2.01. The molecule has 0 unspecified atom stereocenters. The van der Waals surface area contributed by atoms with E-state index in [2.05, 4.69) is 20.4 Å². The Bertz CT molecular complexity index is 712. The number of nitrogens with zero attached hydrogens (tertiary/aromatic N) is 4. The minimum absolute atomic E-state index is 0.355. The standard InChI is InChI=1S/C12H9ClFN5S/c13-12-17-5-9(20-12)4-16-8-1-2-11(10(14)3-8)19-7-15-6-18-19/h1-3,5-7,16H,4H2. The molecule has 0 spiro atoms. The molecule has 0 saturated heterocycles. The highest BCUT2D eigenvalue weighted by Gasteiger charge is 2.06. The second kappa shape index (κ2) is 5.56. The number of benzene rings is 1. The summed E-state index contributed by atoms with van der Waals surface area (Å²) in [5.74, 6) is -0.372. The number of hydrogen-bond acceptors (Lipinski definition) is 5. The average molecular weight is 310 g/mol. The summed E-state index contributed by atoms with van der Waals surface area (Å²) >= 11 is 7.14. The topological polar surface area (TPSA) is 55.6 Å². The normalized spacial score (nSPS) is 10.7. The Morgan fingerprint density at radius 2 is 2.30 bits per heavy atom. The van der Waals surface area contributed by atoms with Gasteiger partial charge in [0.15, 0.2) is 10.3 Å². The summed E-state index contributed by atoms with van der Waals surface area (Å²) in [6, 6.07) is 4.84. The van der Waals surface area contributed by atoms with Gasteiger partial charge in [-0.05, 0) is 18.2 Å². The van der Waals surface area contributed by atoms with Gasteiger partial charge in [-0.1, -0.05) is 11.6 Å². The third-order valence-electron chi connectivity index (χ3n) is 2.61. The molecule has 2 aromatic heterocycles. The van der Waals surface area contributed by atoms with Crippen LogP contribution in [0.2, 0.25) is 4.47 Å². The van der Waals surface area contributed by atoms with E-state index in [1.165, 1.54) is 34.7 Å². The summed E-state index contributed by atoms with van der Waals surface area (Å²) in [7, 11) is 0. The minimum Gasteiger partial charge on any atom is -0.380 e. The molecule has 0 fully saturated rings. The quantitative estimate of drug-likeness (QED) is 0.804. The highest BCUT2D eigenvalue weighted by molar-refractivity contribution is 7.15. The van der Waals surface area contributed by atoms with Gasteiger partial charge in [-0.3, -0.25) is 0 Å². The monoisotopic (exact) mass is 309 g/mol. The van der Waals surface area contributed by atoms with Crippen molar-refractivity contribution in [2.45, 2.75) is 6.54 Å². The summed E-state index contributed by atoms with van der Waals surface area (Å²) in [6.07, 6.45) is 4.50. The van der Waals surface area contributed by atoms with Crippen molar-refractivity contribution in [3.63, 3.8) is 0 Å². The fraction of sp³-hybridized carbons (Fsp3) is 0.0833. The van der Waals surface area contributed by atoms with E-state index in [1.807, 2.05) is 0 Å². The van der Waals surface area contributed by atoms with Gasteiger partial charge in [0.25, 0.3) is 0 Å². The van der Waals surface area contributed by atoms with Gasteiger partial charge >= 0.3 is 0 Å². The second-order valence-corrected chi connectivity index (χ2v) is 5.64. The van der Waals surface area contributed by atoms with Crippen LogP contribution >= 0.6 is 22.9 Å². The average Bonchev–Trinajstić information content (AvgIpc) is 3.08. The van der Waals surface area contributed by atoms with Crippen molar-refractivity contribution in [1.82, 2.24) is 19.7 Å². The van der Waals surface area contributed by atoms with Gasteiger partial charge < -0.3 is 5.32 Å². The van der Waals surface area contributed by atoms with E-state index < -0.39 is 0 Å². The molecular formula is C12H9ClFN5S. The van der Waals surface area contributed by atoms with Crippen molar-refractivity contribution < 1.29 is 4.39 Å². The van der Waals surface area contributed by atoms with Crippen LogP contribution in [0.3, 0.4) is 0 Å². The van der Waals surface area contributed by atoms with Crippen molar-refractivity contribution in [2.75, 3.05) is 5.32 Å². The summed E-state index contributed by atoms with van der Waals surface area (Å²) in [6.45, 7) is 0.548. The third kappa shape index (κ3) is 2.78. The SMILES string of the molecule is Fc1cc(NCc2cnc(Cl)s2)ccc1-n1cncn1. The van der Waals surface area contributed by atoms with Crippen LogP contribution in [0, 0.1) is 5.82 Å². The van der Waals surface area contributed by atoms with Gasteiger partial charge in [-0.25, -0.2) is 19.0 Å². The molecular weight excluding hydrogens is 301 g/mol. The highest BCUT2D eigenvalue weighted by atomic mass is 35.5. The Balaban J connectivity index is 1.74. The number of rotatable bonds is 4. The number of anilines is 1. The Morgan fingerprint density at radius 3 is 2.95 bits per heavy atom. The van der Waals surface area contributed by atoms with Gasteiger partial charge in [0.1, 0.15) is 18.3 Å². The number of halogens is 2. The molecule has 0 bridgehead atoms. The second-order valence-electron chi connectivity index (χ2n) is 3.94. The van der Waals surface area contributed by atoms with Crippen LogP contribution in [0.15, 0.2) is 37.1 Å². The molecule has 3 rings (SSSR count). The lowest BCUT2D eigenvalue weighted by Gasteiger charge is -2.07. The predicted molar refractivity (Wildman–Crippen MR) is 75.8 cm³/mol. The Kier molecular flexibility index (Phi) is 3.62. The van der Waals surface area contributed by atoms with Gasteiger partial charge in [0, 0.05) is 16.8 Å². The van der Waals surface area contributed by atoms with E-state index in [4.69, 9.17) is 11.6 Å². The van der Waals surface area contributed by atoms with E-state index in [9.17, 15) is 4.39 Å². The number of thiazole rings is 1. The first kappa shape index (κ1) is 13.0. The molecule has 102 valence electrons. The maximum Gasteiger partial charge on any atom is 0.183 e. The Labute approximate surface area is 123 Å². The van der Waals surface area contributed by atoms with E-state index in [0.29, 0.717) is 22.4 Å². The van der Waals surface area contributed by atoms with Crippen LogP contribution < -0.4 is 5.32 Å². The fourth-order valence-corrected chi connectivity index (χ4v) is 2.61. The molecule has 0 radical (unpaired) electrons. The van der Waals surface area contributed by atoms with Gasteiger partial charge in [0.05, 0.1) is 6.54 Å². The molecule has 0 aliphatic rings. The van der Waals surface area contributed by atoms with Crippen molar-refractivity contribution in [1.29, 1.82) is 0 Å². The van der Waals surface area contributed by atoms with Crippen molar-refractivity contribution >= 4 is 28.6 Å². The summed E-state index contributed by atoms with van der Waals surface area (Å²) in [5.41, 5.74) is 1.03. The van der Waals surface area contributed by atoms with Crippen LogP contribution in [0.25, 0.3) is 5.69 Å². The van der Waals surface area contributed by atoms with E-state index in [0.717, 1.165) is 4.88 Å². The molecule has 1 N–H and O–H groups in total. The van der Waals surface area contributed by atoms with Gasteiger partial charge in [0.2, 0.25) is 0 Å². The number of nitrogens with one attached hydrogen (secondary N) is 1. The molecule has 8 heteroatoms. The third-order valence-corrected chi connectivity index (χ3v) is 3.72. The van der Waals surface area contributed by atoms with Crippen LogP contribution in [-0.4, -0.2) is 19.7 Å². The summed E-state index contributed by atoms with van der Waals surface area (Å²) in [4.78, 5) is 8.72. The van der Waals surface area contributed by atoms with Crippen molar-refractivity contribution in [3.8, 4) is 5.69 Å². The lowest BCUT2D eigenvalue weighted by molar-refractivity contribution is 0.611. The predicted octanol–water partition coefficient (Wildman–Crippen LogP) is 3.13. The molecule has 3 aromatic rings.